The third-order valence-electron chi connectivity index (χ3n) is 0.946. The van der Waals surface area contributed by atoms with Crippen molar-refractivity contribution in [3.63, 3.8) is 0 Å². The molecule has 0 spiro atoms. The van der Waals surface area contributed by atoms with E-state index in [1.165, 1.54) is 0 Å². The van der Waals surface area contributed by atoms with E-state index in [9.17, 15) is 4.21 Å². The van der Waals surface area contributed by atoms with E-state index in [4.69, 9.17) is 4.55 Å². The summed E-state index contributed by atoms with van der Waals surface area (Å²) in [4.78, 5) is 0. The van der Waals surface area contributed by atoms with Crippen LogP contribution in [-0.2, 0) is 15.5 Å². The number of likely N-dealkylation sites (N-methyl/N-ethyl adjacent to an activating group) is 1. The first-order valence-electron chi connectivity index (χ1n) is 2.96. The molecule has 1 unspecified atom stereocenters. The van der Waals surface area contributed by atoms with Gasteiger partial charge in [-0.05, 0) is 0 Å². The van der Waals surface area contributed by atoms with E-state index in [2.05, 4.69) is 4.18 Å². The van der Waals surface area contributed by atoms with Gasteiger partial charge in [0.2, 0.25) is 0 Å². The molecule has 0 heterocycles. The van der Waals surface area contributed by atoms with Crippen molar-refractivity contribution in [1.82, 2.24) is 0 Å². The summed E-state index contributed by atoms with van der Waals surface area (Å²) in [6.07, 6.45) is 0. The number of hydrogen-bond acceptors (Lipinski definition) is 2. The minimum absolute atomic E-state index is 0. The molecule has 1 N–H and O–H groups in total. The topological polar surface area (TPSA) is 46.5 Å². The van der Waals surface area contributed by atoms with Crippen LogP contribution in [0.3, 0.4) is 0 Å². The van der Waals surface area contributed by atoms with Gasteiger partial charge in [0, 0.05) is 0 Å². The van der Waals surface area contributed by atoms with Gasteiger partial charge in [-0.25, -0.2) is 0 Å². The summed E-state index contributed by atoms with van der Waals surface area (Å²) in [6.45, 7) is 1.04. The van der Waals surface area contributed by atoms with Crippen LogP contribution >= 0.6 is 12.4 Å². The largest absolute Gasteiger partial charge is 1.00 e. The Bertz CT molecular complexity index is 135. The molecule has 0 aromatic carbocycles. The molecule has 0 saturated heterocycles. The van der Waals surface area contributed by atoms with Crippen molar-refractivity contribution < 1.29 is 48.4 Å². The minimum atomic E-state index is -2.11. The Morgan fingerprint density at radius 1 is 1.50 bits per heavy atom. The van der Waals surface area contributed by atoms with Gasteiger partial charge in [0.25, 0.3) is 0 Å². The predicted molar refractivity (Wildman–Crippen MR) is 48.0 cm³/mol. The molecule has 0 rings (SSSR count). The standard InChI is InChI=1S/C5H13NO3S.ClH.Na.H/c1-6(2,3)4-5-9-10(7)8;;;/h4-5H2,1-3H3;1H;;/q;;+1;-1/p+1. The summed E-state index contributed by atoms with van der Waals surface area (Å²) in [6, 6.07) is 0. The van der Waals surface area contributed by atoms with Crippen molar-refractivity contribution in [3.8, 4) is 0 Å². The van der Waals surface area contributed by atoms with Gasteiger partial charge in [-0.3, -0.25) is 8.74 Å². The van der Waals surface area contributed by atoms with E-state index in [1.807, 2.05) is 21.1 Å². The third-order valence-corrected chi connectivity index (χ3v) is 1.31. The van der Waals surface area contributed by atoms with Crippen LogP contribution in [-0.4, -0.2) is 47.5 Å². The molecular formula is C5H16ClNNaO3S+. The molecule has 0 amide bonds. The Morgan fingerprint density at radius 3 is 2.17 bits per heavy atom. The number of hydrogen-bond donors (Lipinski definition) is 1. The van der Waals surface area contributed by atoms with E-state index in [0.29, 0.717) is 6.61 Å². The van der Waals surface area contributed by atoms with E-state index < -0.39 is 11.4 Å². The summed E-state index contributed by atoms with van der Waals surface area (Å²) < 4.78 is 23.3. The van der Waals surface area contributed by atoms with Crippen LogP contribution in [0.5, 0.6) is 0 Å². The summed E-state index contributed by atoms with van der Waals surface area (Å²) in [5.74, 6) is 0. The van der Waals surface area contributed by atoms with Crippen LogP contribution in [0.2, 0.25) is 0 Å². The number of quaternary nitrogens is 1. The first-order valence-corrected chi connectivity index (χ1v) is 3.99. The monoisotopic (exact) mass is 228 g/mol. The van der Waals surface area contributed by atoms with Crippen LogP contribution in [0.4, 0.5) is 0 Å². The maximum atomic E-state index is 9.97. The van der Waals surface area contributed by atoms with Gasteiger partial charge in [0.05, 0.1) is 21.1 Å². The third kappa shape index (κ3) is 17.4. The molecule has 0 aromatic heterocycles. The molecule has 0 aliphatic rings. The molecular weight excluding hydrogens is 213 g/mol. The van der Waals surface area contributed by atoms with Crippen molar-refractivity contribution >= 4 is 23.8 Å². The summed E-state index contributed by atoms with van der Waals surface area (Å²) in [5.41, 5.74) is 0. The molecule has 1 atom stereocenters. The Balaban J connectivity index is -0.000000135. The molecule has 12 heavy (non-hydrogen) atoms. The summed E-state index contributed by atoms with van der Waals surface area (Å²) in [5, 5.41) is 0. The fourth-order valence-corrected chi connectivity index (χ4v) is 0.600. The number of nitrogens with zero attached hydrogens (tertiary/aromatic N) is 1. The van der Waals surface area contributed by atoms with Gasteiger partial charge in [-0.1, -0.05) is 0 Å². The Labute approximate surface area is 106 Å². The molecule has 7 heteroatoms. The summed E-state index contributed by atoms with van der Waals surface area (Å²) >= 11 is -2.11. The van der Waals surface area contributed by atoms with Crippen LogP contribution < -0.4 is 29.6 Å². The van der Waals surface area contributed by atoms with Crippen molar-refractivity contribution in [1.29, 1.82) is 0 Å². The number of halogens is 1. The van der Waals surface area contributed by atoms with Crippen LogP contribution in [0.25, 0.3) is 0 Å². The summed E-state index contributed by atoms with van der Waals surface area (Å²) in [7, 11) is 5.97. The van der Waals surface area contributed by atoms with Gasteiger partial charge in [-0.2, -0.15) is 4.21 Å². The maximum absolute atomic E-state index is 9.97. The second-order valence-corrected chi connectivity index (χ2v) is 3.72. The van der Waals surface area contributed by atoms with Crippen molar-refractivity contribution in [2.75, 3.05) is 34.3 Å². The SMILES string of the molecule is C[N+](C)(C)CCOS(=O)O.Cl.[H-].[Na+]. The Hall–Kier alpha value is 1.32. The minimum Gasteiger partial charge on any atom is -1.00 e. The Kier molecular flexibility index (Phi) is 14.1. The van der Waals surface area contributed by atoms with Crippen LogP contribution in [0.1, 0.15) is 1.43 Å². The first kappa shape index (κ1) is 19.0. The molecule has 0 aliphatic heterocycles. The van der Waals surface area contributed by atoms with E-state index >= 15 is 0 Å². The van der Waals surface area contributed by atoms with E-state index in [-0.39, 0.29) is 43.4 Å². The van der Waals surface area contributed by atoms with Gasteiger partial charge in [-0.15, -0.1) is 12.4 Å². The normalized spacial score (nSPS) is 12.7. The molecule has 0 aliphatic carbocycles. The fraction of sp³-hybridized carbons (Fsp3) is 1.00. The second-order valence-electron chi connectivity index (χ2n) is 3.05. The average molecular weight is 229 g/mol. The zero-order valence-electron chi connectivity index (χ0n) is 8.94. The van der Waals surface area contributed by atoms with Crippen molar-refractivity contribution in [3.05, 3.63) is 0 Å². The van der Waals surface area contributed by atoms with Gasteiger partial charge >= 0.3 is 40.9 Å². The molecule has 0 saturated carbocycles. The van der Waals surface area contributed by atoms with Gasteiger partial charge in [0.15, 0.2) is 0 Å². The molecule has 0 aromatic rings. The zero-order valence-corrected chi connectivity index (χ0v) is 11.6. The molecule has 4 nitrogen and oxygen atoms in total. The van der Waals surface area contributed by atoms with Crippen molar-refractivity contribution in [2.45, 2.75) is 0 Å². The number of rotatable bonds is 4. The van der Waals surface area contributed by atoms with E-state index in [1.54, 1.807) is 0 Å². The average Bonchev–Trinajstić information content (AvgIpc) is 1.59. The van der Waals surface area contributed by atoms with Crippen LogP contribution in [0.15, 0.2) is 0 Å². The first-order chi connectivity index (χ1) is 4.42. The fourth-order valence-electron chi connectivity index (χ4n) is 0.382. The van der Waals surface area contributed by atoms with Crippen molar-refractivity contribution in [2.24, 2.45) is 0 Å². The Morgan fingerprint density at radius 2 is 1.92 bits per heavy atom. The zero-order chi connectivity index (χ0) is 8.20. The molecule has 72 valence electrons. The molecule has 0 radical (unpaired) electrons. The predicted octanol–water partition coefficient (Wildman–Crippen LogP) is -2.62. The molecule has 0 fully saturated rings. The van der Waals surface area contributed by atoms with E-state index in [0.717, 1.165) is 11.0 Å². The van der Waals surface area contributed by atoms with Gasteiger partial charge < -0.3 is 5.91 Å². The van der Waals surface area contributed by atoms with Gasteiger partial charge in [0.1, 0.15) is 13.2 Å². The molecule has 0 bridgehead atoms. The maximum Gasteiger partial charge on any atom is 1.00 e. The smallest absolute Gasteiger partial charge is 1.00 e. The van der Waals surface area contributed by atoms with Crippen LogP contribution in [0, 0.1) is 0 Å². The quantitative estimate of drug-likeness (QED) is 0.326. The second kappa shape index (κ2) is 8.90.